The number of rotatable bonds is 1. The molecule has 0 aliphatic carbocycles. The second-order valence-corrected chi connectivity index (χ2v) is 7.50. The number of benzene rings is 4. The summed E-state index contributed by atoms with van der Waals surface area (Å²) in [5, 5.41) is 5.77. The molecule has 0 N–H and O–H groups in total. The van der Waals surface area contributed by atoms with Gasteiger partial charge in [0.05, 0.1) is 22.1 Å². The van der Waals surface area contributed by atoms with Crippen LogP contribution in [0.25, 0.3) is 60.5 Å². The molecule has 7 aromatic rings. The van der Waals surface area contributed by atoms with Gasteiger partial charge in [-0.15, -0.1) is 0 Å². The summed E-state index contributed by atoms with van der Waals surface area (Å²) in [6.07, 6.45) is 3.38. The highest BCUT2D eigenvalue weighted by Crippen LogP contribution is 2.39. The molecule has 0 radical (unpaired) electrons. The average molecular weight is 385 g/mol. The fourth-order valence-corrected chi connectivity index (χ4v) is 4.70. The minimum Gasteiger partial charge on any atom is -0.436 e. The molecule has 3 aromatic heterocycles. The van der Waals surface area contributed by atoms with Gasteiger partial charge in [-0.3, -0.25) is 0 Å². The van der Waals surface area contributed by atoms with Crippen molar-refractivity contribution in [3.63, 3.8) is 0 Å². The van der Waals surface area contributed by atoms with Crippen molar-refractivity contribution in [2.24, 2.45) is 0 Å². The lowest BCUT2D eigenvalue weighted by molar-refractivity contribution is 0.653. The van der Waals surface area contributed by atoms with E-state index in [1.807, 2.05) is 0 Å². The van der Waals surface area contributed by atoms with E-state index >= 15 is 0 Å². The predicted molar refractivity (Wildman–Crippen MR) is 121 cm³/mol. The van der Waals surface area contributed by atoms with E-state index in [1.165, 1.54) is 21.8 Å². The Morgan fingerprint density at radius 2 is 1.23 bits per heavy atom. The Bertz CT molecular complexity index is 1700. The average Bonchev–Trinajstić information content (AvgIpc) is 3.34. The van der Waals surface area contributed by atoms with Crippen LogP contribution in [0.2, 0.25) is 0 Å². The number of fused-ring (bicyclic) bond motifs is 8. The van der Waals surface area contributed by atoms with Crippen LogP contribution in [0, 0.1) is 0 Å². The minimum absolute atomic E-state index is 0.567. The summed E-state index contributed by atoms with van der Waals surface area (Å²) >= 11 is 0. The summed E-state index contributed by atoms with van der Waals surface area (Å²) in [5.41, 5.74) is 5.61. The van der Waals surface area contributed by atoms with Crippen LogP contribution in [0.5, 0.6) is 0 Å². The van der Waals surface area contributed by atoms with Crippen LogP contribution in [0.4, 0.5) is 0 Å². The lowest BCUT2D eigenvalue weighted by atomic mass is 10.0. The summed E-state index contributed by atoms with van der Waals surface area (Å²) in [6.45, 7) is 0. The highest BCUT2D eigenvalue weighted by molar-refractivity contribution is 6.20. The predicted octanol–water partition coefficient (Wildman–Crippen LogP) is 6.63. The SMILES string of the molecule is c1ccc2c(c1)c(-n1c3ccccc3c3ccccc31)cc1oc3nccnc3c12. The van der Waals surface area contributed by atoms with Crippen molar-refractivity contribution in [1.29, 1.82) is 0 Å². The molecule has 0 amide bonds. The van der Waals surface area contributed by atoms with E-state index < -0.39 is 0 Å². The highest BCUT2D eigenvalue weighted by atomic mass is 16.3. The maximum absolute atomic E-state index is 6.14. The summed E-state index contributed by atoms with van der Waals surface area (Å²) in [6, 6.07) is 27.7. The van der Waals surface area contributed by atoms with Crippen molar-refractivity contribution in [2.75, 3.05) is 0 Å². The Morgan fingerprint density at radius 1 is 0.633 bits per heavy atom. The normalized spacial score (nSPS) is 12.0. The lowest BCUT2D eigenvalue weighted by Gasteiger charge is -2.12. The summed E-state index contributed by atoms with van der Waals surface area (Å²) < 4.78 is 8.47. The molecule has 0 atom stereocenters. The maximum atomic E-state index is 6.14. The Morgan fingerprint density at radius 3 is 1.97 bits per heavy atom. The van der Waals surface area contributed by atoms with E-state index in [-0.39, 0.29) is 0 Å². The zero-order chi connectivity index (χ0) is 19.7. The molecular formula is C26H15N3O. The number of para-hydroxylation sites is 2. The molecule has 4 aromatic carbocycles. The standard InChI is InChI=1S/C26H15N3O/c1-2-10-19-18(9-1)22(15-23-24(19)25-26(30-23)28-14-13-27-25)29-20-11-5-3-7-16(20)17-8-4-6-12-21(17)29/h1-15H. The number of nitrogens with zero attached hydrogens (tertiary/aromatic N) is 3. The van der Waals surface area contributed by atoms with Crippen LogP contribution in [0.15, 0.2) is 95.7 Å². The molecular weight excluding hydrogens is 370 g/mol. The third kappa shape index (κ3) is 1.95. The van der Waals surface area contributed by atoms with Gasteiger partial charge in [-0.25, -0.2) is 9.97 Å². The van der Waals surface area contributed by atoms with Crippen LogP contribution in [-0.2, 0) is 0 Å². The van der Waals surface area contributed by atoms with Gasteiger partial charge in [-0.1, -0.05) is 60.7 Å². The molecule has 4 nitrogen and oxygen atoms in total. The third-order valence-corrected chi connectivity index (χ3v) is 5.92. The summed E-state index contributed by atoms with van der Waals surface area (Å²) in [4.78, 5) is 8.93. The monoisotopic (exact) mass is 385 g/mol. The zero-order valence-electron chi connectivity index (χ0n) is 15.9. The number of aromatic nitrogens is 3. The fraction of sp³-hybridized carbons (Fsp3) is 0. The maximum Gasteiger partial charge on any atom is 0.246 e. The Hall–Kier alpha value is -4.18. The number of hydrogen-bond acceptors (Lipinski definition) is 3. The second kappa shape index (κ2) is 5.67. The van der Waals surface area contributed by atoms with Crippen LogP contribution >= 0.6 is 0 Å². The molecule has 0 saturated carbocycles. The van der Waals surface area contributed by atoms with Gasteiger partial charge < -0.3 is 8.98 Å². The minimum atomic E-state index is 0.567. The first-order valence-corrected chi connectivity index (χ1v) is 9.94. The quantitative estimate of drug-likeness (QED) is 0.319. The smallest absolute Gasteiger partial charge is 0.246 e. The molecule has 0 bridgehead atoms. The first-order valence-electron chi connectivity index (χ1n) is 9.94. The van der Waals surface area contributed by atoms with Crippen LogP contribution < -0.4 is 0 Å². The summed E-state index contributed by atoms with van der Waals surface area (Å²) in [5.74, 6) is 0. The molecule has 0 fully saturated rings. The van der Waals surface area contributed by atoms with E-state index in [4.69, 9.17) is 4.42 Å². The molecule has 0 aliphatic rings. The van der Waals surface area contributed by atoms with Crippen molar-refractivity contribution < 1.29 is 4.42 Å². The first kappa shape index (κ1) is 15.7. The van der Waals surface area contributed by atoms with Gasteiger partial charge in [0, 0.05) is 34.6 Å². The van der Waals surface area contributed by atoms with Crippen molar-refractivity contribution in [1.82, 2.24) is 14.5 Å². The van der Waals surface area contributed by atoms with Crippen LogP contribution in [0.3, 0.4) is 0 Å². The van der Waals surface area contributed by atoms with Gasteiger partial charge in [-0.05, 0) is 17.5 Å². The van der Waals surface area contributed by atoms with Gasteiger partial charge in [-0.2, -0.15) is 0 Å². The Kier molecular flexibility index (Phi) is 2.97. The van der Waals surface area contributed by atoms with Crippen molar-refractivity contribution in [2.45, 2.75) is 0 Å². The topological polar surface area (TPSA) is 43.9 Å². The van der Waals surface area contributed by atoms with Gasteiger partial charge in [0.25, 0.3) is 0 Å². The summed E-state index contributed by atoms with van der Waals surface area (Å²) in [7, 11) is 0. The van der Waals surface area contributed by atoms with Gasteiger partial charge in [0.2, 0.25) is 5.71 Å². The third-order valence-electron chi connectivity index (χ3n) is 5.92. The van der Waals surface area contributed by atoms with E-state index in [2.05, 4.69) is 93.4 Å². The Balaban J connectivity index is 1.74. The van der Waals surface area contributed by atoms with Crippen molar-refractivity contribution in [3.8, 4) is 5.69 Å². The largest absolute Gasteiger partial charge is 0.436 e. The molecule has 7 rings (SSSR count). The second-order valence-electron chi connectivity index (χ2n) is 7.50. The first-order chi connectivity index (χ1) is 14.9. The van der Waals surface area contributed by atoms with Crippen LogP contribution in [-0.4, -0.2) is 14.5 Å². The number of furan rings is 1. The van der Waals surface area contributed by atoms with E-state index in [1.54, 1.807) is 12.4 Å². The van der Waals surface area contributed by atoms with E-state index in [0.29, 0.717) is 5.71 Å². The van der Waals surface area contributed by atoms with Gasteiger partial charge in [0.15, 0.2) is 0 Å². The Labute approximate surface area is 171 Å². The van der Waals surface area contributed by atoms with Gasteiger partial charge in [0.1, 0.15) is 11.1 Å². The highest BCUT2D eigenvalue weighted by Gasteiger charge is 2.18. The molecule has 30 heavy (non-hydrogen) atoms. The van der Waals surface area contributed by atoms with E-state index in [0.717, 1.165) is 32.9 Å². The molecule has 0 spiro atoms. The molecule has 3 heterocycles. The van der Waals surface area contributed by atoms with Crippen molar-refractivity contribution >= 4 is 54.8 Å². The zero-order valence-corrected chi connectivity index (χ0v) is 15.9. The molecule has 0 aliphatic heterocycles. The van der Waals surface area contributed by atoms with Crippen molar-refractivity contribution in [3.05, 3.63) is 91.3 Å². The fourth-order valence-electron chi connectivity index (χ4n) is 4.70. The number of hydrogen-bond donors (Lipinski definition) is 0. The molecule has 140 valence electrons. The van der Waals surface area contributed by atoms with Gasteiger partial charge >= 0.3 is 0 Å². The van der Waals surface area contributed by atoms with E-state index in [9.17, 15) is 0 Å². The lowest BCUT2D eigenvalue weighted by Crippen LogP contribution is -1.95. The van der Waals surface area contributed by atoms with Crippen LogP contribution in [0.1, 0.15) is 0 Å². The molecule has 0 unspecified atom stereocenters. The molecule has 0 saturated heterocycles. The molecule has 4 heteroatoms.